The highest BCUT2D eigenvalue weighted by Gasteiger charge is 2.35. The number of hydrazone groups is 1. The predicted octanol–water partition coefficient (Wildman–Crippen LogP) is 0.899. The van der Waals surface area contributed by atoms with Gasteiger partial charge in [0.25, 0.3) is 11.6 Å². The number of carboxylic acids is 1. The van der Waals surface area contributed by atoms with Crippen molar-refractivity contribution < 1.29 is 24.3 Å². The molecule has 1 aliphatic rings. The van der Waals surface area contributed by atoms with Gasteiger partial charge in [-0.2, -0.15) is 10.1 Å². The summed E-state index contributed by atoms with van der Waals surface area (Å²) in [6, 6.07) is 3.69. The van der Waals surface area contributed by atoms with E-state index in [9.17, 15) is 19.2 Å². The zero-order valence-electron chi connectivity index (χ0n) is 10.1. The van der Waals surface area contributed by atoms with Crippen LogP contribution in [0.1, 0.15) is 17.3 Å². The Balaban J connectivity index is 2.54. The highest BCUT2D eigenvalue weighted by Crippen LogP contribution is 2.25. The maximum Gasteiger partial charge on any atom is 0.337 e. The fourth-order valence-corrected chi connectivity index (χ4v) is 1.78. The SMILES string of the molecule is CC1=NN(c2ccc(Cl)c(C(=O)O)c2)C(=O)C(=O)C1=O. The first-order chi connectivity index (χ1) is 9.32. The van der Waals surface area contributed by atoms with Crippen LogP contribution in [-0.4, -0.2) is 34.3 Å². The number of hydrogen-bond donors (Lipinski definition) is 1. The number of anilines is 1. The Morgan fingerprint density at radius 1 is 1.25 bits per heavy atom. The van der Waals surface area contributed by atoms with Crippen molar-refractivity contribution in [1.29, 1.82) is 0 Å². The lowest BCUT2D eigenvalue weighted by molar-refractivity contribution is -0.142. The average molecular weight is 295 g/mol. The second-order valence-electron chi connectivity index (χ2n) is 3.93. The van der Waals surface area contributed by atoms with Crippen LogP contribution in [0.4, 0.5) is 5.69 Å². The number of rotatable bonds is 2. The third-order valence-corrected chi connectivity index (χ3v) is 2.93. The van der Waals surface area contributed by atoms with Crippen molar-refractivity contribution >= 4 is 46.4 Å². The number of carbonyl (C=O) groups is 4. The summed E-state index contributed by atoms with van der Waals surface area (Å²) >= 11 is 5.71. The monoisotopic (exact) mass is 294 g/mol. The van der Waals surface area contributed by atoms with Gasteiger partial charge in [0.2, 0.25) is 0 Å². The van der Waals surface area contributed by atoms with Crippen LogP contribution in [0.2, 0.25) is 5.02 Å². The Morgan fingerprint density at radius 2 is 1.90 bits per heavy atom. The molecule has 1 amide bonds. The van der Waals surface area contributed by atoms with E-state index < -0.39 is 23.4 Å². The third-order valence-electron chi connectivity index (χ3n) is 2.60. The van der Waals surface area contributed by atoms with Crippen molar-refractivity contribution in [3.63, 3.8) is 0 Å². The summed E-state index contributed by atoms with van der Waals surface area (Å²) < 4.78 is 0. The van der Waals surface area contributed by atoms with Gasteiger partial charge in [0.1, 0.15) is 5.71 Å². The molecule has 0 bridgehead atoms. The smallest absolute Gasteiger partial charge is 0.337 e. The van der Waals surface area contributed by atoms with Crippen LogP contribution in [-0.2, 0) is 14.4 Å². The van der Waals surface area contributed by atoms with Crippen LogP contribution in [0, 0.1) is 0 Å². The van der Waals surface area contributed by atoms with Crippen LogP contribution in [0.15, 0.2) is 23.3 Å². The molecule has 8 heteroatoms. The fourth-order valence-electron chi connectivity index (χ4n) is 1.58. The molecule has 0 unspecified atom stereocenters. The normalized spacial score (nSPS) is 15.4. The number of ketones is 2. The Morgan fingerprint density at radius 3 is 2.50 bits per heavy atom. The van der Waals surface area contributed by atoms with Crippen LogP contribution in [0.25, 0.3) is 0 Å². The maximum absolute atomic E-state index is 11.7. The number of halogens is 1. The van der Waals surface area contributed by atoms with Crippen molar-refractivity contribution in [1.82, 2.24) is 0 Å². The van der Waals surface area contributed by atoms with Gasteiger partial charge in [0, 0.05) is 0 Å². The van der Waals surface area contributed by atoms with E-state index in [4.69, 9.17) is 16.7 Å². The zero-order chi connectivity index (χ0) is 15.0. The Hall–Kier alpha value is -2.54. The first-order valence-corrected chi connectivity index (χ1v) is 5.72. The summed E-state index contributed by atoms with van der Waals surface area (Å²) in [7, 11) is 0. The number of carboxylic acid groups (broad SMARTS) is 1. The first-order valence-electron chi connectivity index (χ1n) is 5.34. The third kappa shape index (κ3) is 2.19. The van der Waals surface area contributed by atoms with Gasteiger partial charge >= 0.3 is 11.9 Å². The number of Topliss-reactive ketones (excluding diaryl/α,β-unsaturated/α-hetero) is 2. The standard InChI is InChI=1S/C12H7ClN2O5/c1-5-9(16)10(17)11(18)15(14-5)6-2-3-8(13)7(4-6)12(19)20/h2-4H,1H3,(H,19,20). The van der Waals surface area contributed by atoms with Gasteiger partial charge in [-0.25, -0.2) is 4.79 Å². The quantitative estimate of drug-likeness (QED) is 0.816. The van der Waals surface area contributed by atoms with E-state index in [-0.39, 0.29) is 22.0 Å². The van der Waals surface area contributed by atoms with Crippen LogP contribution < -0.4 is 5.01 Å². The highest BCUT2D eigenvalue weighted by atomic mass is 35.5. The van der Waals surface area contributed by atoms with E-state index in [2.05, 4.69) is 5.10 Å². The van der Waals surface area contributed by atoms with Gasteiger partial charge in [-0.05, 0) is 25.1 Å². The van der Waals surface area contributed by atoms with Crippen molar-refractivity contribution in [3.8, 4) is 0 Å². The van der Waals surface area contributed by atoms with Crippen molar-refractivity contribution in [3.05, 3.63) is 28.8 Å². The molecular weight excluding hydrogens is 288 g/mol. The minimum absolute atomic E-state index is 0.0196. The lowest BCUT2D eigenvalue weighted by Crippen LogP contribution is -2.44. The second-order valence-corrected chi connectivity index (χ2v) is 4.34. The van der Waals surface area contributed by atoms with E-state index in [1.165, 1.54) is 19.1 Å². The van der Waals surface area contributed by atoms with Gasteiger partial charge in [0.05, 0.1) is 16.3 Å². The van der Waals surface area contributed by atoms with Crippen LogP contribution in [0.3, 0.4) is 0 Å². The fraction of sp³-hybridized carbons (Fsp3) is 0.0833. The van der Waals surface area contributed by atoms with E-state index in [1.807, 2.05) is 0 Å². The largest absolute Gasteiger partial charge is 0.478 e. The van der Waals surface area contributed by atoms with E-state index in [0.717, 1.165) is 6.07 Å². The maximum atomic E-state index is 11.7. The Bertz CT molecular complexity index is 695. The second kappa shape index (κ2) is 4.86. The molecule has 0 aromatic heterocycles. The summed E-state index contributed by atoms with van der Waals surface area (Å²) in [5.74, 6) is -4.62. The molecule has 1 aliphatic heterocycles. The number of carbonyl (C=O) groups excluding carboxylic acids is 3. The van der Waals surface area contributed by atoms with Gasteiger partial charge in [-0.3, -0.25) is 14.4 Å². The number of nitrogens with zero attached hydrogens (tertiary/aromatic N) is 2. The summed E-state index contributed by atoms with van der Waals surface area (Å²) in [6.45, 7) is 1.29. The van der Waals surface area contributed by atoms with Gasteiger partial charge in [-0.1, -0.05) is 11.6 Å². The zero-order valence-corrected chi connectivity index (χ0v) is 10.8. The summed E-state index contributed by atoms with van der Waals surface area (Å²) in [4.78, 5) is 45.4. The van der Waals surface area contributed by atoms with Gasteiger partial charge < -0.3 is 5.11 Å². The first kappa shape index (κ1) is 13.9. The molecule has 7 nitrogen and oxygen atoms in total. The van der Waals surface area contributed by atoms with Crippen molar-refractivity contribution in [2.45, 2.75) is 6.92 Å². The number of benzene rings is 1. The average Bonchev–Trinajstić information content (AvgIpc) is 2.41. The molecule has 0 fully saturated rings. The summed E-state index contributed by atoms with van der Waals surface area (Å²) in [5, 5.41) is 13.3. The molecule has 0 saturated carbocycles. The molecule has 1 aromatic carbocycles. The minimum Gasteiger partial charge on any atom is -0.478 e. The van der Waals surface area contributed by atoms with Gasteiger partial charge in [0.15, 0.2) is 0 Å². The molecule has 1 aromatic rings. The van der Waals surface area contributed by atoms with Crippen molar-refractivity contribution in [2.75, 3.05) is 5.01 Å². The van der Waals surface area contributed by atoms with E-state index in [0.29, 0.717) is 5.01 Å². The molecule has 102 valence electrons. The highest BCUT2D eigenvalue weighted by molar-refractivity contribution is 6.81. The summed E-state index contributed by atoms with van der Waals surface area (Å²) in [6.07, 6.45) is 0. The molecule has 1 N–H and O–H groups in total. The summed E-state index contributed by atoms with van der Waals surface area (Å²) in [5.41, 5.74) is -0.354. The molecule has 20 heavy (non-hydrogen) atoms. The number of hydrogen-bond acceptors (Lipinski definition) is 5. The molecule has 0 aliphatic carbocycles. The minimum atomic E-state index is -1.29. The molecule has 1 heterocycles. The molecule has 2 rings (SSSR count). The van der Waals surface area contributed by atoms with Crippen molar-refractivity contribution in [2.24, 2.45) is 5.10 Å². The number of aromatic carboxylic acids is 1. The molecule has 0 saturated heterocycles. The Labute approximate surface area is 117 Å². The predicted molar refractivity (Wildman–Crippen MR) is 69.0 cm³/mol. The molecule has 0 radical (unpaired) electrons. The Kier molecular flexibility index (Phi) is 3.37. The lowest BCUT2D eigenvalue weighted by atomic mass is 10.1. The molecular formula is C12H7ClN2O5. The van der Waals surface area contributed by atoms with E-state index in [1.54, 1.807) is 0 Å². The lowest BCUT2D eigenvalue weighted by Gasteiger charge is -2.20. The molecule has 0 spiro atoms. The van der Waals surface area contributed by atoms with Crippen LogP contribution in [0.5, 0.6) is 0 Å². The van der Waals surface area contributed by atoms with Gasteiger partial charge in [-0.15, -0.1) is 0 Å². The topological polar surface area (TPSA) is 104 Å². The number of amides is 1. The van der Waals surface area contributed by atoms with Crippen LogP contribution >= 0.6 is 11.6 Å². The van der Waals surface area contributed by atoms with E-state index >= 15 is 0 Å². The molecule has 0 atom stereocenters.